The second kappa shape index (κ2) is 8.52. The fourth-order valence-electron chi connectivity index (χ4n) is 4.73. The molecule has 0 unspecified atom stereocenters. The summed E-state index contributed by atoms with van der Waals surface area (Å²) in [5, 5.41) is 0. The first-order chi connectivity index (χ1) is 13.6. The number of carbonyl (C=O) groups excluding carboxylic acids is 2. The quantitative estimate of drug-likeness (QED) is 0.804. The summed E-state index contributed by atoms with van der Waals surface area (Å²) in [6, 6.07) is 7.81. The Morgan fingerprint density at radius 3 is 2.11 bits per heavy atom. The summed E-state index contributed by atoms with van der Waals surface area (Å²) in [4.78, 5) is 31.1. The molecule has 1 aromatic carbocycles. The third-order valence-corrected chi connectivity index (χ3v) is 6.44. The lowest BCUT2D eigenvalue weighted by molar-refractivity contribution is 0.0448. The van der Waals surface area contributed by atoms with Gasteiger partial charge in [-0.05, 0) is 55.2 Å². The van der Waals surface area contributed by atoms with Crippen molar-refractivity contribution in [3.63, 3.8) is 0 Å². The molecule has 4 fully saturated rings. The Kier molecular flexibility index (Phi) is 5.85. The van der Waals surface area contributed by atoms with Crippen LogP contribution in [0.2, 0.25) is 0 Å². The van der Waals surface area contributed by atoms with Crippen LogP contribution in [0.5, 0.6) is 0 Å². The van der Waals surface area contributed by atoms with Gasteiger partial charge in [-0.3, -0.25) is 4.79 Å². The van der Waals surface area contributed by atoms with Gasteiger partial charge in [0.1, 0.15) is 0 Å². The van der Waals surface area contributed by atoms with Crippen LogP contribution in [0.3, 0.4) is 0 Å². The van der Waals surface area contributed by atoms with Gasteiger partial charge in [0.05, 0.1) is 13.2 Å². The molecule has 0 atom stereocenters. The Morgan fingerprint density at radius 2 is 1.54 bits per heavy atom. The van der Waals surface area contributed by atoms with Crippen LogP contribution in [-0.4, -0.2) is 73.1 Å². The van der Waals surface area contributed by atoms with Crippen molar-refractivity contribution in [2.75, 3.05) is 46.4 Å². The monoisotopic (exact) mass is 385 g/mol. The number of benzene rings is 1. The van der Waals surface area contributed by atoms with E-state index < -0.39 is 0 Å². The van der Waals surface area contributed by atoms with E-state index in [1.54, 1.807) is 4.90 Å². The second-order valence-electron chi connectivity index (χ2n) is 8.53. The average Bonchev–Trinajstić information content (AvgIpc) is 3.08. The Bertz CT molecular complexity index is 677. The molecule has 0 radical (unpaired) electrons. The van der Waals surface area contributed by atoms with Crippen LogP contribution in [-0.2, 0) is 11.3 Å². The van der Waals surface area contributed by atoms with Gasteiger partial charge in [-0.1, -0.05) is 12.1 Å². The molecule has 6 nitrogen and oxygen atoms in total. The maximum Gasteiger partial charge on any atom is 0.320 e. The van der Waals surface area contributed by atoms with Gasteiger partial charge >= 0.3 is 6.03 Å². The molecule has 152 valence electrons. The highest BCUT2D eigenvalue weighted by molar-refractivity contribution is 5.94. The number of hydrogen-bond donors (Lipinski definition) is 0. The summed E-state index contributed by atoms with van der Waals surface area (Å²) in [6.45, 7) is 4.87. The number of fused-ring (bicyclic) bond motifs is 4. The minimum atomic E-state index is 0.0310. The molecule has 0 aromatic heterocycles. The van der Waals surface area contributed by atoms with Crippen LogP contribution < -0.4 is 0 Å². The third-order valence-electron chi connectivity index (χ3n) is 6.44. The number of amides is 3. The highest BCUT2D eigenvalue weighted by Gasteiger charge is 2.31. The van der Waals surface area contributed by atoms with Gasteiger partial charge in [0.25, 0.3) is 5.91 Å². The van der Waals surface area contributed by atoms with Crippen molar-refractivity contribution in [2.24, 2.45) is 11.8 Å². The SMILES string of the molecule is CN(Cc1ccc(C(=O)N2CC3CCC(CC3)C2)cc1)C(=O)N1CCOCC1. The largest absolute Gasteiger partial charge is 0.378 e. The van der Waals surface area contributed by atoms with Crippen molar-refractivity contribution < 1.29 is 14.3 Å². The Labute approximate surface area is 167 Å². The number of hydrogen-bond acceptors (Lipinski definition) is 3. The first kappa shape index (κ1) is 19.2. The first-order valence-electron chi connectivity index (χ1n) is 10.6. The lowest BCUT2D eigenvalue weighted by Gasteiger charge is -2.31. The van der Waals surface area contributed by atoms with E-state index in [-0.39, 0.29) is 11.9 Å². The number of carbonyl (C=O) groups is 2. The fourth-order valence-corrected chi connectivity index (χ4v) is 4.73. The molecule has 3 heterocycles. The predicted octanol–water partition coefficient (Wildman–Crippen LogP) is 2.83. The molecule has 0 N–H and O–H groups in total. The van der Waals surface area contributed by atoms with Crippen molar-refractivity contribution >= 4 is 11.9 Å². The fraction of sp³-hybridized carbons (Fsp3) is 0.636. The minimum Gasteiger partial charge on any atom is -0.378 e. The van der Waals surface area contributed by atoms with E-state index in [1.165, 1.54) is 25.7 Å². The van der Waals surface area contributed by atoms with Gasteiger partial charge < -0.3 is 19.4 Å². The molecule has 6 heteroatoms. The maximum absolute atomic E-state index is 13.0. The lowest BCUT2D eigenvalue weighted by atomic mass is 9.84. The van der Waals surface area contributed by atoms with Gasteiger partial charge in [-0.25, -0.2) is 4.79 Å². The molecular formula is C22H31N3O3. The number of morpholine rings is 1. The van der Waals surface area contributed by atoms with E-state index in [9.17, 15) is 9.59 Å². The maximum atomic E-state index is 13.0. The van der Waals surface area contributed by atoms with Crippen molar-refractivity contribution in [3.8, 4) is 0 Å². The first-order valence-corrected chi connectivity index (χ1v) is 10.6. The molecular weight excluding hydrogens is 354 g/mol. The predicted molar refractivity (Wildman–Crippen MR) is 107 cm³/mol. The van der Waals surface area contributed by atoms with Gasteiger partial charge in [0.15, 0.2) is 0 Å². The van der Waals surface area contributed by atoms with Crippen LogP contribution in [0.25, 0.3) is 0 Å². The zero-order valence-corrected chi connectivity index (χ0v) is 16.8. The lowest BCUT2D eigenvalue weighted by Crippen LogP contribution is -2.46. The minimum absolute atomic E-state index is 0.0310. The standard InChI is InChI=1S/C22H31N3O3/c1-23(22(27)24-10-12-28-13-11-24)14-17-6-8-20(9-7-17)21(26)25-15-18-2-3-19(16-25)5-4-18/h6-9,18-19H,2-5,10-16H2,1H3. The zero-order chi connectivity index (χ0) is 19.5. The summed E-state index contributed by atoms with van der Waals surface area (Å²) in [7, 11) is 1.82. The smallest absolute Gasteiger partial charge is 0.320 e. The summed E-state index contributed by atoms with van der Waals surface area (Å²) in [5.74, 6) is 1.52. The van der Waals surface area contributed by atoms with Crippen molar-refractivity contribution in [1.29, 1.82) is 0 Å². The Morgan fingerprint density at radius 1 is 0.964 bits per heavy atom. The molecule has 2 bridgehead atoms. The highest BCUT2D eigenvalue weighted by atomic mass is 16.5. The summed E-state index contributed by atoms with van der Waals surface area (Å²) < 4.78 is 5.31. The molecule has 0 spiro atoms. The topological polar surface area (TPSA) is 53.1 Å². The third kappa shape index (κ3) is 4.32. The zero-order valence-electron chi connectivity index (χ0n) is 16.8. The van der Waals surface area contributed by atoms with Gasteiger partial charge in [-0.2, -0.15) is 0 Å². The van der Waals surface area contributed by atoms with E-state index in [2.05, 4.69) is 4.90 Å². The van der Waals surface area contributed by atoms with Crippen molar-refractivity contribution in [2.45, 2.75) is 32.2 Å². The molecule has 28 heavy (non-hydrogen) atoms. The van der Waals surface area contributed by atoms with Crippen LogP contribution in [0.1, 0.15) is 41.6 Å². The Hall–Kier alpha value is -2.08. The molecule has 5 rings (SSSR count). The highest BCUT2D eigenvalue weighted by Crippen LogP contribution is 2.34. The van der Waals surface area contributed by atoms with Crippen LogP contribution in [0.4, 0.5) is 4.79 Å². The number of urea groups is 1. The second-order valence-corrected chi connectivity index (χ2v) is 8.53. The molecule has 1 aromatic rings. The Balaban J connectivity index is 1.35. The summed E-state index contributed by atoms with van der Waals surface area (Å²) in [6.07, 6.45) is 5.10. The van der Waals surface area contributed by atoms with E-state index >= 15 is 0 Å². The normalized spacial score (nSPS) is 24.8. The van der Waals surface area contributed by atoms with Crippen molar-refractivity contribution in [1.82, 2.24) is 14.7 Å². The number of ether oxygens (including phenoxy) is 1. The molecule has 3 saturated heterocycles. The van der Waals surface area contributed by atoms with Crippen LogP contribution >= 0.6 is 0 Å². The van der Waals surface area contributed by atoms with E-state index in [0.29, 0.717) is 44.7 Å². The van der Waals surface area contributed by atoms with Gasteiger partial charge in [0, 0.05) is 45.3 Å². The van der Waals surface area contributed by atoms with E-state index in [1.807, 2.05) is 36.2 Å². The number of rotatable bonds is 3. The van der Waals surface area contributed by atoms with Crippen molar-refractivity contribution in [3.05, 3.63) is 35.4 Å². The molecule has 4 aliphatic rings. The van der Waals surface area contributed by atoms with Crippen LogP contribution in [0.15, 0.2) is 24.3 Å². The average molecular weight is 386 g/mol. The van der Waals surface area contributed by atoms with Gasteiger partial charge in [0.2, 0.25) is 0 Å². The summed E-state index contributed by atoms with van der Waals surface area (Å²) >= 11 is 0. The summed E-state index contributed by atoms with van der Waals surface area (Å²) in [5.41, 5.74) is 1.80. The number of nitrogens with zero attached hydrogens (tertiary/aromatic N) is 3. The molecule has 3 amide bonds. The van der Waals surface area contributed by atoms with E-state index in [0.717, 1.165) is 24.2 Å². The van der Waals surface area contributed by atoms with Gasteiger partial charge in [-0.15, -0.1) is 0 Å². The molecule has 3 aliphatic heterocycles. The van der Waals surface area contributed by atoms with Crippen LogP contribution in [0, 0.1) is 11.8 Å². The van der Waals surface area contributed by atoms with E-state index in [4.69, 9.17) is 4.74 Å². The molecule has 1 aliphatic carbocycles. The molecule has 1 saturated carbocycles.